The van der Waals surface area contributed by atoms with Gasteiger partial charge in [0.15, 0.2) is 0 Å². The summed E-state index contributed by atoms with van der Waals surface area (Å²) >= 11 is 1.50. The molecule has 1 aliphatic heterocycles. The molecule has 0 aliphatic carbocycles. The van der Waals surface area contributed by atoms with Gasteiger partial charge in [-0.05, 0) is 23.8 Å². The van der Waals surface area contributed by atoms with E-state index >= 15 is 0 Å². The standard InChI is InChI=1S/C10H9FOS/c11-9-3-1-2-8-7(6-12)4-5-13-10(8)9/h1-3,6-7H,4-5H2. The number of hydrogen-bond donors (Lipinski definition) is 0. The van der Waals surface area contributed by atoms with Gasteiger partial charge in [0, 0.05) is 10.8 Å². The zero-order chi connectivity index (χ0) is 9.26. The summed E-state index contributed by atoms with van der Waals surface area (Å²) in [5.74, 6) is 0.526. The van der Waals surface area contributed by atoms with Gasteiger partial charge in [0.25, 0.3) is 0 Å². The monoisotopic (exact) mass is 196 g/mol. The van der Waals surface area contributed by atoms with Crippen molar-refractivity contribution in [2.45, 2.75) is 17.2 Å². The van der Waals surface area contributed by atoms with Gasteiger partial charge in [-0.3, -0.25) is 0 Å². The Bertz CT molecular complexity index is 338. The van der Waals surface area contributed by atoms with Crippen molar-refractivity contribution >= 4 is 18.0 Å². The molecule has 0 aromatic heterocycles. The second-order valence-corrected chi connectivity index (χ2v) is 4.14. The maximum absolute atomic E-state index is 13.2. The van der Waals surface area contributed by atoms with E-state index in [1.807, 2.05) is 6.07 Å². The minimum Gasteiger partial charge on any atom is -0.303 e. The van der Waals surface area contributed by atoms with Crippen LogP contribution in [0.4, 0.5) is 4.39 Å². The van der Waals surface area contributed by atoms with E-state index in [9.17, 15) is 9.18 Å². The third-order valence-electron chi connectivity index (χ3n) is 2.24. The van der Waals surface area contributed by atoms with Gasteiger partial charge in [-0.2, -0.15) is 0 Å². The van der Waals surface area contributed by atoms with Crippen LogP contribution in [0.1, 0.15) is 17.9 Å². The highest BCUT2D eigenvalue weighted by Crippen LogP contribution is 2.37. The molecule has 3 heteroatoms. The van der Waals surface area contributed by atoms with Gasteiger partial charge in [0.1, 0.15) is 12.1 Å². The van der Waals surface area contributed by atoms with Crippen LogP contribution in [0.2, 0.25) is 0 Å². The summed E-state index contributed by atoms with van der Waals surface area (Å²) in [6.07, 6.45) is 1.74. The molecule has 0 bridgehead atoms. The summed E-state index contributed by atoms with van der Waals surface area (Å²) in [6.45, 7) is 0. The Balaban J connectivity index is 2.51. The molecule has 0 radical (unpaired) electrons. The molecule has 68 valence electrons. The van der Waals surface area contributed by atoms with E-state index in [2.05, 4.69) is 0 Å². The molecular formula is C10H9FOS. The highest BCUT2D eigenvalue weighted by Gasteiger charge is 2.22. The number of carbonyl (C=O) groups is 1. The Hall–Kier alpha value is -0.830. The lowest BCUT2D eigenvalue weighted by Crippen LogP contribution is -2.09. The van der Waals surface area contributed by atoms with E-state index in [1.54, 1.807) is 6.07 Å². The van der Waals surface area contributed by atoms with Gasteiger partial charge >= 0.3 is 0 Å². The third-order valence-corrected chi connectivity index (χ3v) is 3.40. The van der Waals surface area contributed by atoms with Crippen molar-refractivity contribution in [1.29, 1.82) is 0 Å². The maximum Gasteiger partial charge on any atom is 0.137 e. The average molecular weight is 196 g/mol. The molecular weight excluding hydrogens is 187 g/mol. The molecule has 1 heterocycles. The van der Waals surface area contributed by atoms with Crippen molar-refractivity contribution in [1.82, 2.24) is 0 Å². The molecule has 2 rings (SSSR count). The van der Waals surface area contributed by atoms with E-state index in [4.69, 9.17) is 0 Å². The Morgan fingerprint density at radius 1 is 1.54 bits per heavy atom. The van der Waals surface area contributed by atoms with Crippen LogP contribution in [0, 0.1) is 5.82 Å². The van der Waals surface area contributed by atoms with Crippen LogP contribution in [0.3, 0.4) is 0 Å². The topological polar surface area (TPSA) is 17.1 Å². The fourth-order valence-electron chi connectivity index (χ4n) is 1.55. The number of fused-ring (bicyclic) bond motifs is 1. The average Bonchev–Trinajstić information content (AvgIpc) is 2.18. The van der Waals surface area contributed by atoms with E-state index in [0.29, 0.717) is 4.90 Å². The molecule has 1 aromatic rings. The molecule has 1 aliphatic rings. The van der Waals surface area contributed by atoms with Gasteiger partial charge in [0.2, 0.25) is 0 Å². The van der Waals surface area contributed by atoms with Crippen molar-refractivity contribution in [3.8, 4) is 0 Å². The lowest BCUT2D eigenvalue weighted by atomic mass is 9.97. The fraction of sp³-hybridized carbons (Fsp3) is 0.300. The lowest BCUT2D eigenvalue weighted by molar-refractivity contribution is -0.109. The normalized spacial score (nSPS) is 20.8. The van der Waals surface area contributed by atoms with Crippen LogP contribution >= 0.6 is 11.8 Å². The van der Waals surface area contributed by atoms with Gasteiger partial charge in [0.05, 0.1) is 0 Å². The smallest absolute Gasteiger partial charge is 0.137 e. The number of aldehydes is 1. The van der Waals surface area contributed by atoms with E-state index in [-0.39, 0.29) is 11.7 Å². The van der Waals surface area contributed by atoms with Crippen LogP contribution in [-0.2, 0) is 4.79 Å². The second kappa shape index (κ2) is 3.50. The molecule has 0 fully saturated rings. The molecule has 0 amide bonds. The van der Waals surface area contributed by atoms with Gasteiger partial charge < -0.3 is 4.79 Å². The SMILES string of the molecule is O=CC1CCSc2c(F)cccc21. The number of carbonyl (C=O) groups excluding carboxylic acids is 1. The molecule has 0 spiro atoms. The van der Waals surface area contributed by atoms with E-state index < -0.39 is 0 Å². The minimum absolute atomic E-state index is 0.105. The third kappa shape index (κ3) is 1.48. The Kier molecular flexibility index (Phi) is 2.36. The first-order valence-electron chi connectivity index (χ1n) is 4.19. The fourth-order valence-corrected chi connectivity index (χ4v) is 2.72. The summed E-state index contributed by atoms with van der Waals surface area (Å²) < 4.78 is 13.2. The van der Waals surface area contributed by atoms with Crippen LogP contribution in [0.5, 0.6) is 0 Å². The zero-order valence-corrected chi connectivity index (χ0v) is 7.81. The molecule has 13 heavy (non-hydrogen) atoms. The lowest BCUT2D eigenvalue weighted by Gasteiger charge is -2.20. The van der Waals surface area contributed by atoms with Gasteiger partial charge in [-0.15, -0.1) is 11.8 Å². The maximum atomic E-state index is 13.2. The van der Waals surface area contributed by atoms with E-state index in [1.165, 1.54) is 17.8 Å². The number of benzene rings is 1. The van der Waals surface area contributed by atoms with E-state index in [0.717, 1.165) is 24.0 Å². The summed E-state index contributed by atoms with van der Waals surface area (Å²) in [6, 6.07) is 4.94. The molecule has 1 unspecified atom stereocenters. The van der Waals surface area contributed by atoms with Crippen molar-refractivity contribution < 1.29 is 9.18 Å². The first-order valence-corrected chi connectivity index (χ1v) is 5.18. The van der Waals surface area contributed by atoms with Crippen molar-refractivity contribution in [3.05, 3.63) is 29.6 Å². The summed E-state index contributed by atoms with van der Waals surface area (Å²) in [4.78, 5) is 11.4. The zero-order valence-electron chi connectivity index (χ0n) is 7.00. The molecule has 1 aromatic carbocycles. The second-order valence-electron chi connectivity index (χ2n) is 3.04. The summed E-state index contributed by atoms with van der Waals surface area (Å²) in [5, 5.41) is 0. The Labute approximate surface area is 80.3 Å². The van der Waals surface area contributed by atoms with Crippen LogP contribution < -0.4 is 0 Å². The first kappa shape index (κ1) is 8.75. The van der Waals surface area contributed by atoms with Crippen molar-refractivity contribution in [3.63, 3.8) is 0 Å². The largest absolute Gasteiger partial charge is 0.303 e. The molecule has 1 nitrogen and oxygen atoms in total. The highest BCUT2D eigenvalue weighted by molar-refractivity contribution is 7.99. The molecule has 0 N–H and O–H groups in total. The molecule has 0 saturated heterocycles. The van der Waals surface area contributed by atoms with Crippen LogP contribution in [0.25, 0.3) is 0 Å². The van der Waals surface area contributed by atoms with Gasteiger partial charge in [-0.25, -0.2) is 4.39 Å². The first-order chi connectivity index (χ1) is 6.33. The summed E-state index contributed by atoms with van der Waals surface area (Å²) in [5.41, 5.74) is 0.853. The molecule has 0 saturated carbocycles. The Morgan fingerprint density at radius 2 is 2.38 bits per heavy atom. The number of thioether (sulfide) groups is 1. The molecule has 1 atom stereocenters. The van der Waals surface area contributed by atoms with Crippen molar-refractivity contribution in [2.75, 3.05) is 5.75 Å². The van der Waals surface area contributed by atoms with Crippen LogP contribution in [0.15, 0.2) is 23.1 Å². The number of hydrogen-bond acceptors (Lipinski definition) is 2. The predicted octanol–water partition coefficient (Wildman–Crippen LogP) is 2.60. The number of halogens is 1. The Morgan fingerprint density at radius 3 is 3.15 bits per heavy atom. The highest BCUT2D eigenvalue weighted by atomic mass is 32.2. The van der Waals surface area contributed by atoms with Crippen molar-refractivity contribution in [2.24, 2.45) is 0 Å². The van der Waals surface area contributed by atoms with Gasteiger partial charge in [-0.1, -0.05) is 12.1 Å². The number of rotatable bonds is 1. The quantitative estimate of drug-likeness (QED) is 0.642. The predicted molar refractivity (Wildman–Crippen MR) is 50.5 cm³/mol. The minimum atomic E-state index is -0.200. The van der Waals surface area contributed by atoms with Crippen LogP contribution in [-0.4, -0.2) is 12.0 Å². The summed E-state index contributed by atoms with van der Waals surface area (Å²) in [7, 11) is 0.